The number of carbonyl (C=O) groups is 1. The maximum atomic E-state index is 12.0. The molecule has 0 spiro atoms. The number of carbonyl (C=O) groups excluding carboxylic acids is 1. The van der Waals surface area contributed by atoms with E-state index in [0.717, 1.165) is 0 Å². The molecule has 7 nitrogen and oxygen atoms in total. The zero-order valence-electron chi connectivity index (χ0n) is 11.6. The monoisotopic (exact) mass is 319 g/mol. The largest absolute Gasteiger partial charge is 0.378 e. The normalized spacial score (nSPS) is 20.4. The van der Waals surface area contributed by atoms with Crippen molar-refractivity contribution in [2.45, 2.75) is 0 Å². The minimum absolute atomic E-state index is 0.0248. The lowest BCUT2D eigenvalue weighted by atomic mass is 10.1. The molecular formula is C14H13N3O4S. The van der Waals surface area contributed by atoms with Crippen molar-refractivity contribution < 1.29 is 14.5 Å². The summed E-state index contributed by atoms with van der Waals surface area (Å²) < 4.78 is 5.27. The zero-order chi connectivity index (χ0) is 15.5. The smallest absolute Gasteiger partial charge is 0.286 e. The van der Waals surface area contributed by atoms with Crippen LogP contribution in [-0.2, 0) is 9.53 Å². The lowest BCUT2D eigenvalue weighted by Gasteiger charge is -2.27. The number of ether oxygens (including phenoxy) is 1. The Bertz CT molecular complexity index is 680. The Kier molecular flexibility index (Phi) is 4.21. The molecule has 2 heterocycles. The van der Waals surface area contributed by atoms with Crippen LogP contribution in [-0.4, -0.2) is 47.2 Å². The highest BCUT2D eigenvalue weighted by molar-refractivity contribution is 8.18. The van der Waals surface area contributed by atoms with Gasteiger partial charge in [0.15, 0.2) is 5.17 Å². The lowest BCUT2D eigenvalue weighted by molar-refractivity contribution is -0.385. The average Bonchev–Trinajstić information content (AvgIpc) is 2.90. The number of thioether (sulfide) groups is 1. The third-order valence-corrected chi connectivity index (χ3v) is 4.36. The van der Waals surface area contributed by atoms with E-state index in [1.54, 1.807) is 18.2 Å². The van der Waals surface area contributed by atoms with Crippen LogP contribution in [0, 0.1) is 10.1 Å². The van der Waals surface area contributed by atoms with Gasteiger partial charge in [0.2, 0.25) is 0 Å². The van der Waals surface area contributed by atoms with Crippen LogP contribution < -0.4 is 0 Å². The molecule has 8 heteroatoms. The molecule has 0 atom stereocenters. The molecule has 0 aliphatic carbocycles. The van der Waals surface area contributed by atoms with Crippen LogP contribution in [0.25, 0.3) is 6.08 Å². The van der Waals surface area contributed by atoms with Crippen LogP contribution in [0.3, 0.4) is 0 Å². The van der Waals surface area contributed by atoms with E-state index in [1.165, 1.54) is 23.9 Å². The summed E-state index contributed by atoms with van der Waals surface area (Å²) in [5.74, 6) is -0.357. The van der Waals surface area contributed by atoms with Crippen molar-refractivity contribution in [2.75, 3.05) is 26.3 Å². The Labute approximate surface area is 130 Å². The number of benzene rings is 1. The minimum atomic E-state index is -0.458. The Morgan fingerprint density at radius 3 is 2.77 bits per heavy atom. The van der Waals surface area contributed by atoms with Gasteiger partial charge in [0.05, 0.1) is 28.6 Å². The summed E-state index contributed by atoms with van der Waals surface area (Å²) in [6.45, 7) is 2.60. The molecule has 0 unspecified atom stereocenters. The summed E-state index contributed by atoms with van der Waals surface area (Å²) in [6, 6.07) is 6.33. The highest BCUT2D eigenvalue weighted by Gasteiger charge is 2.27. The second kappa shape index (κ2) is 6.29. The number of amidine groups is 1. The second-order valence-corrected chi connectivity index (χ2v) is 5.73. The molecule has 0 aromatic heterocycles. The molecule has 1 saturated heterocycles. The summed E-state index contributed by atoms with van der Waals surface area (Å²) in [6.07, 6.45) is 1.53. The number of para-hydroxylation sites is 1. The number of rotatable bonds is 2. The van der Waals surface area contributed by atoms with E-state index in [1.807, 2.05) is 4.90 Å². The summed E-state index contributed by atoms with van der Waals surface area (Å²) in [5, 5.41) is 11.7. The molecular weight excluding hydrogens is 306 g/mol. The second-order valence-electron chi connectivity index (χ2n) is 4.73. The number of aliphatic imine (C=N–C) groups is 1. The highest BCUT2D eigenvalue weighted by Crippen LogP contribution is 2.32. The third kappa shape index (κ3) is 3.02. The maximum Gasteiger partial charge on any atom is 0.286 e. The van der Waals surface area contributed by atoms with Crippen LogP contribution >= 0.6 is 11.8 Å². The number of morpholine rings is 1. The lowest BCUT2D eigenvalue weighted by Crippen LogP contribution is -2.38. The zero-order valence-corrected chi connectivity index (χ0v) is 12.4. The van der Waals surface area contributed by atoms with E-state index >= 15 is 0 Å². The van der Waals surface area contributed by atoms with Gasteiger partial charge in [-0.15, -0.1) is 0 Å². The number of hydrogen-bond acceptors (Lipinski definition) is 6. The molecule has 0 N–H and O–H groups in total. The molecule has 1 amide bonds. The molecule has 0 bridgehead atoms. The Morgan fingerprint density at radius 2 is 2.05 bits per heavy atom. The van der Waals surface area contributed by atoms with Gasteiger partial charge in [-0.2, -0.15) is 4.99 Å². The number of nitro groups is 1. The van der Waals surface area contributed by atoms with E-state index in [2.05, 4.69) is 4.99 Å². The predicted octanol–water partition coefficient (Wildman–Crippen LogP) is 1.90. The van der Waals surface area contributed by atoms with Crippen molar-refractivity contribution in [3.8, 4) is 0 Å². The van der Waals surface area contributed by atoms with Crippen molar-refractivity contribution >= 4 is 34.6 Å². The fourth-order valence-corrected chi connectivity index (χ4v) is 3.16. The standard InChI is InChI=1S/C14H13N3O4S/c18-13-12(9-10-3-1-2-4-11(10)17(19)20)22-14(15-13)16-5-7-21-8-6-16/h1-4,9H,5-8H2/b12-9-. The van der Waals surface area contributed by atoms with Crippen LogP contribution in [0.5, 0.6) is 0 Å². The van der Waals surface area contributed by atoms with Gasteiger partial charge in [0.1, 0.15) is 0 Å². The van der Waals surface area contributed by atoms with Crippen LogP contribution in [0.1, 0.15) is 5.56 Å². The highest BCUT2D eigenvalue weighted by atomic mass is 32.2. The van der Waals surface area contributed by atoms with Gasteiger partial charge in [0, 0.05) is 19.2 Å². The summed E-state index contributed by atoms with van der Waals surface area (Å²) in [5.41, 5.74) is 0.380. The topological polar surface area (TPSA) is 85.0 Å². The molecule has 0 saturated carbocycles. The van der Waals surface area contributed by atoms with Gasteiger partial charge in [-0.25, -0.2) is 0 Å². The van der Waals surface area contributed by atoms with E-state index < -0.39 is 4.92 Å². The Hall–Kier alpha value is -2.19. The first-order valence-electron chi connectivity index (χ1n) is 6.74. The third-order valence-electron chi connectivity index (χ3n) is 3.31. The summed E-state index contributed by atoms with van der Waals surface area (Å²) in [4.78, 5) is 29.0. The summed E-state index contributed by atoms with van der Waals surface area (Å²) >= 11 is 1.25. The molecule has 2 aliphatic heterocycles. The minimum Gasteiger partial charge on any atom is -0.378 e. The number of hydrogen-bond donors (Lipinski definition) is 0. The van der Waals surface area contributed by atoms with Gasteiger partial charge in [-0.3, -0.25) is 14.9 Å². The van der Waals surface area contributed by atoms with Gasteiger partial charge in [-0.05, 0) is 23.9 Å². The van der Waals surface area contributed by atoms with E-state index in [9.17, 15) is 14.9 Å². The van der Waals surface area contributed by atoms with E-state index in [4.69, 9.17) is 4.74 Å². The molecule has 2 aliphatic rings. The van der Waals surface area contributed by atoms with Crippen molar-refractivity contribution in [1.82, 2.24) is 4.90 Å². The fraction of sp³-hybridized carbons (Fsp3) is 0.286. The molecule has 3 rings (SSSR count). The maximum absolute atomic E-state index is 12.0. The quantitative estimate of drug-likeness (QED) is 0.470. The number of amides is 1. The average molecular weight is 319 g/mol. The van der Waals surface area contributed by atoms with Crippen molar-refractivity contribution in [2.24, 2.45) is 4.99 Å². The molecule has 1 fully saturated rings. The van der Waals surface area contributed by atoms with Crippen molar-refractivity contribution in [3.63, 3.8) is 0 Å². The van der Waals surface area contributed by atoms with Crippen LogP contribution in [0.4, 0.5) is 5.69 Å². The van der Waals surface area contributed by atoms with E-state index in [-0.39, 0.29) is 11.6 Å². The molecule has 22 heavy (non-hydrogen) atoms. The number of nitro benzene ring substituents is 1. The Morgan fingerprint density at radius 1 is 1.32 bits per heavy atom. The predicted molar refractivity (Wildman–Crippen MR) is 83.5 cm³/mol. The first-order chi connectivity index (χ1) is 10.6. The van der Waals surface area contributed by atoms with Crippen molar-refractivity contribution in [1.29, 1.82) is 0 Å². The van der Waals surface area contributed by atoms with E-state index in [0.29, 0.717) is 41.9 Å². The fourth-order valence-electron chi connectivity index (χ4n) is 2.20. The summed E-state index contributed by atoms with van der Waals surface area (Å²) in [7, 11) is 0. The van der Waals surface area contributed by atoms with Gasteiger partial charge in [-0.1, -0.05) is 12.1 Å². The first kappa shape index (κ1) is 14.7. The SMILES string of the molecule is O=C1N=C(N2CCOCC2)S/C1=C\c1ccccc1[N+](=O)[O-]. The first-order valence-corrected chi connectivity index (χ1v) is 7.55. The van der Waals surface area contributed by atoms with Gasteiger partial charge in [0.25, 0.3) is 11.6 Å². The van der Waals surface area contributed by atoms with Gasteiger partial charge < -0.3 is 9.64 Å². The van der Waals surface area contributed by atoms with Crippen LogP contribution in [0.15, 0.2) is 34.2 Å². The van der Waals surface area contributed by atoms with Gasteiger partial charge >= 0.3 is 0 Å². The molecule has 114 valence electrons. The molecule has 1 aromatic carbocycles. The van der Waals surface area contributed by atoms with Crippen molar-refractivity contribution in [3.05, 3.63) is 44.8 Å². The Balaban J connectivity index is 1.82. The molecule has 0 radical (unpaired) electrons. The van der Waals surface area contributed by atoms with Crippen LogP contribution in [0.2, 0.25) is 0 Å². The number of nitrogens with zero attached hydrogens (tertiary/aromatic N) is 3. The molecule has 1 aromatic rings.